The predicted octanol–water partition coefficient (Wildman–Crippen LogP) is 0.780. The van der Waals surface area contributed by atoms with Gasteiger partial charge in [-0.1, -0.05) is 12.1 Å². The molecule has 1 heterocycles. The van der Waals surface area contributed by atoms with E-state index in [4.69, 9.17) is 9.47 Å². The van der Waals surface area contributed by atoms with Crippen molar-refractivity contribution in [2.24, 2.45) is 0 Å². The Morgan fingerprint density at radius 2 is 2.00 bits per heavy atom. The Bertz CT molecular complexity index is 728. The van der Waals surface area contributed by atoms with E-state index >= 15 is 0 Å². The Labute approximate surface area is 139 Å². The summed E-state index contributed by atoms with van der Waals surface area (Å²) >= 11 is 0. The Balaban J connectivity index is 1.65. The number of morpholine rings is 1. The van der Waals surface area contributed by atoms with E-state index in [1.165, 1.54) is 0 Å². The van der Waals surface area contributed by atoms with Crippen LogP contribution in [0.25, 0.3) is 10.8 Å². The van der Waals surface area contributed by atoms with Crippen LogP contribution in [0.3, 0.4) is 0 Å². The van der Waals surface area contributed by atoms with E-state index in [1.54, 1.807) is 29.3 Å². The molecule has 0 radical (unpaired) electrons. The number of hydrogen-bond acceptors (Lipinski definition) is 6. The van der Waals surface area contributed by atoms with E-state index in [9.17, 15) is 15.0 Å². The summed E-state index contributed by atoms with van der Waals surface area (Å²) in [5.41, 5.74) is 3.21. The van der Waals surface area contributed by atoms with Crippen LogP contribution in [0.5, 0.6) is 11.5 Å². The lowest BCUT2D eigenvalue weighted by Gasteiger charge is -2.26. The second-order valence-electron chi connectivity index (χ2n) is 5.53. The van der Waals surface area contributed by atoms with Crippen LogP contribution in [0.15, 0.2) is 30.3 Å². The molecule has 0 atom stereocenters. The minimum Gasteiger partial charge on any atom is -0.508 e. The molecule has 0 saturated carbocycles. The van der Waals surface area contributed by atoms with Crippen LogP contribution >= 0.6 is 0 Å². The van der Waals surface area contributed by atoms with Crippen molar-refractivity contribution in [1.82, 2.24) is 10.4 Å². The average Bonchev–Trinajstić information content (AvgIpc) is 2.60. The largest absolute Gasteiger partial charge is 0.508 e. The van der Waals surface area contributed by atoms with Gasteiger partial charge in [0, 0.05) is 18.7 Å². The van der Waals surface area contributed by atoms with E-state index in [-0.39, 0.29) is 24.9 Å². The topological polar surface area (TPSA) is 91.3 Å². The van der Waals surface area contributed by atoms with Crippen LogP contribution in [0.1, 0.15) is 5.56 Å². The van der Waals surface area contributed by atoms with Gasteiger partial charge in [-0.05, 0) is 29.0 Å². The molecular formula is C17H20N2O5. The first-order valence-electron chi connectivity index (χ1n) is 7.78. The van der Waals surface area contributed by atoms with E-state index in [0.717, 1.165) is 5.39 Å². The molecule has 1 aliphatic rings. The second kappa shape index (κ2) is 7.48. The highest BCUT2D eigenvalue weighted by atomic mass is 16.5. The molecule has 1 amide bonds. The number of hydrazine groups is 1. The molecule has 1 fully saturated rings. The number of aliphatic hydroxyl groups excluding tert-OH is 1. The van der Waals surface area contributed by atoms with Crippen molar-refractivity contribution in [3.05, 3.63) is 35.9 Å². The molecule has 2 aromatic carbocycles. The third kappa shape index (κ3) is 3.76. The van der Waals surface area contributed by atoms with Gasteiger partial charge in [0.05, 0.1) is 19.8 Å². The summed E-state index contributed by atoms with van der Waals surface area (Å²) in [5.74, 6) is 0.294. The molecule has 0 aliphatic carbocycles. The number of benzene rings is 2. The lowest BCUT2D eigenvalue weighted by molar-refractivity contribution is -0.130. The van der Waals surface area contributed by atoms with Crippen molar-refractivity contribution in [2.45, 2.75) is 6.61 Å². The molecule has 7 heteroatoms. The SMILES string of the molecule is O=C(COc1ccc2ccc(O)c(CO)c2c1)NN1CCOCC1. The zero-order valence-electron chi connectivity index (χ0n) is 13.2. The number of aromatic hydroxyl groups is 1. The van der Waals surface area contributed by atoms with Crippen molar-refractivity contribution in [1.29, 1.82) is 0 Å². The fourth-order valence-corrected chi connectivity index (χ4v) is 2.64. The summed E-state index contributed by atoms with van der Waals surface area (Å²) in [6.45, 7) is 2.11. The van der Waals surface area contributed by atoms with Crippen molar-refractivity contribution in [3.8, 4) is 11.5 Å². The smallest absolute Gasteiger partial charge is 0.272 e. The molecule has 0 unspecified atom stereocenters. The number of aliphatic hydroxyl groups is 1. The van der Waals surface area contributed by atoms with Gasteiger partial charge < -0.3 is 19.7 Å². The number of rotatable bonds is 5. The maximum atomic E-state index is 11.9. The van der Waals surface area contributed by atoms with Gasteiger partial charge in [0.25, 0.3) is 5.91 Å². The summed E-state index contributed by atoms with van der Waals surface area (Å²) in [7, 11) is 0. The average molecular weight is 332 g/mol. The second-order valence-corrected chi connectivity index (χ2v) is 5.53. The highest BCUT2D eigenvalue weighted by Gasteiger charge is 2.13. The first kappa shape index (κ1) is 16.5. The molecule has 7 nitrogen and oxygen atoms in total. The van der Waals surface area contributed by atoms with Gasteiger partial charge in [0.2, 0.25) is 0 Å². The molecule has 1 saturated heterocycles. The van der Waals surface area contributed by atoms with E-state index < -0.39 is 0 Å². The number of fused-ring (bicyclic) bond motifs is 1. The van der Waals surface area contributed by atoms with Crippen LogP contribution in [0.2, 0.25) is 0 Å². The summed E-state index contributed by atoms with van der Waals surface area (Å²) in [5, 5.41) is 22.6. The first-order chi connectivity index (χ1) is 11.7. The molecule has 3 rings (SSSR count). The van der Waals surface area contributed by atoms with E-state index in [2.05, 4.69) is 5.43 Å². The van der Waals surface area contributed by atoms with Crippen LogP contribution in [0, 0.1) is 0 Å². The molecule has 24 heavy (non-hydrogen) atoms. The summed E-state index contributed by atoms with van der Waals surface area (Å²) in [6, 6.07) is 8.59. The standard InChI is InChI=1S/C17H20N2O5/c20-10-15-14-9-13(3-1-12(14)2-4-16(15)21)24-11-17(22)18-19-5-7-23-8-6-19/h1-4,9,20-21H,5-8,10-11H2,(H,18,22). The summed E-state index contributed by atoms with van der Waals surface area (Å²) in [6.07, 6.45) is 0. The summed E-state index contributed by atoms with van der Waals surface area (Å²) < 4.78 is 10.7. The molecule has 3 N–H and O–H groups in total. The van der Waals surface area contributed by atoms with Gasteiger partial charge in [-0.2, -0.15) is 0 Å². The number of hydrogen-bond donors (Lipinski definition) is 3. The van der Waals surface area contributed by atoms with Crippen molar-refractivity contribution in [2.75, 3.05) is 32.9 Å². The number of carbonyl (C=O) groups is 1. The van der Waals surface area contributed by atoms with Crippen LogP contribution in [-0.4, -0.2) is 54.0 Å². The molecular weight excluding hydrogens is 312 g/mol. The normalized spacial score (nSPS) is 15.4. The van der Waals surface area contributed by atoms with Gasteiger partial charge in [0.15, 0.2) is 6.61 Å². The molecule has 128 valence electrons. The molecule has 0 aromatic heterocycles. The number of amides is 1. The van der Waals surface area contributed by atoms with Crippen LogP contribution in [-0.2, 0) is 16.1 Å². The zero-order chi connectivity index (χ0) is 16.9. The highest BCUT2D eigenvalue weighted by molar-refractivity contribution is 5.89. The lowest BCUT2D eigenvalue weighted by atomic mass is 10.0. The maximum absolute atomic E-state index is 11.9. The molecule has 0 spiro atoms. The van der Waals surface area contributed by atoms with Crippen LogP contribution < -0.4 is 10.2 Å². The fourth-order valence-electron chi connectivity index (χ4n) is 2.64. The fraction of sp³-hybridized carbons (Fsp3) is 0.353. The minimum atomic E-state index is -0.274. The Kier molecular flexibility index (Phi) is 5.14. The highest BCUT2D eigenvalue weighted by Crippen LogP contribution is 2.30. The molecule has 0 bridgehead atoms. The van der Waals surface area contributed by atoms with Gasteiger partial charge in [-0.25, -0.2) is 5.01 Å². The third-order valence-corrected chi connectivity index (χ3v) is 3.90. The monoisotopic (exact) mass is 332 g/mol. The number of nitrogens with zero attached hydrogens (tertiary/aromatic N) is 1. The Hall–Kier alpha value is -2.35. The lowest BCUT2D eigenvalue weighted by Crippen LogP contribution is -2.49. The summed E-state index contributed by atoms with van der Waals surface area (Å²) in [4.78, 5) is 11.9. The number of nitrogens with one attached hydrogen (secondary N) is 1. The van der Waals surface area contributed by atoms with Gasteiger partial charge in [-0.3, -0.25) is 10.2 Å². The Morgan fingerprint density at radius 1 is 1.25 bits per heavy atom. The van der Waals surface area contributed by atoms with Crippen molar-refractivity contribution in [3.63, 3.8) is 0 Å². The van der Waals surface area contributed by atoms with Gasteiger partial charge >= 0.3 is 0 Å². The number of carbonyl (C=O) groups excluding carboxylic acids is 1. The van der Waals surface area contributed by atoms with Crippen molar-refractivity contribution >= 4 is 16.7 Å². The molecule has 1 aliphatic heterocycles. The van der Waals surface area contributed by atoms with Crippen molar-refractivity contribution < 1.29 is 24.5 Å². The zero-order valence-corrected chi connectivity index (χ0v) is 13.2. The van der Waals surface area contributed by atoms with Crippen LogP contribution in [0.4, 0.5) is 0 Å². The molecule has 2 aromatic rings. The number of phenols is 1. The van der Waals surface area contributed by atoms with Gasteiger partial charge in [0.1, 0.15) is 11.5 Å². The number of ether oxygens (including phenoxy) is 2. The predicted molar refractivity (Wildman–Crippen MR) is 87.6 cm³/mol. The first-order valence-corrected chi connectivity index (χ1v) is 7.78. The Morgan fingerprint density at radius 3 is 2.75 bits per heavy atom. The quantitative estimate of drug-likeness (QED) is 0.749. The third-order valence-electron chi connectivity index (χ3n) is 3.90. The maximum Gasteiger partial charge on any atom is 0.272 e. The minimum absolute atomic E-state index is 0.0345. The van der Waals surface area contributed by atoms with E-state index in [0.29, 0.717) is 43.0 Å². The van der Waals surface area contributed by atoms with E-state index in [1.807, 2.05) is 6.07 Å². The van der Waals surface area contributed by atoms with Gasteiger partial charge in [-0.15, -0.1) is 0 Å².